The van der Waals surface area contributed by atoms with Crippen LogP contribution in [0.2, 0.25) is 0 Å². The average molecular weight is 494 g/mol. The standard InChI is InChI=1S/C30H40N2O4/c1-20-14-24(16-30(2,3)15-20)36-19-23(33)18-31-12-10-21(11-13-31)17-32-28(34)25-8-4-6-22-7-5-9-26(27(22)25)29(32)35/h4-9,20-21,23-24,33H,10-19H2,1-3H3/p+1/t20-,23-,24-/m1/s1. The summed E-state index contributed by atoms with van der Waals surface area (Å²) in [5.41, 5.74) is 1.57. The van der Waals surface area contributed by atoms with Crippen LogP contribution in [-0.2, 0) is 4.74 Å². The van der Waals surface area contributed by atoms with Crippen molar-refractivity contribution >= 4 is 22.6 Å². The summed E-state index contributed by atoms with van der Waals surface area (Å²) in [5, 5.41) is 12.4. The predicted molar refractivity (Wildman–Crippen MR) is 140 cm³/mol. The lowest BCUT2D eigenvalue weighted by atomic mass is 9.71. The minimum Gasteiger partial charge on any atom is -0.385 e. The van der Waals surface area contributed by atoms with E-state index in [0.717, 1.165) is 49.5 Å². The lowest BCUT2D eigenvalue weighted by Gasteiger charge is -2.39. The molecule has 6 nitrogen and oxygen atoms in total. The third-order valence-corrected chi connectivity index (χ3v) is 8.50. The van der Waals surface area contributed by atoms with Gasteiger partial charge in [0.25, 0.3) is 11.8 Å². The van der Waals surface area contributed by atoms with Crippen LogP contribution in [-0.4, -0.2) is 66.8 Å². The molecule has 2 fully saturated rings. The number of nitrogens with one attached hydrogen (secondary N) is 1. The van der Waals surface area contributed by atoms with E-state index in [1.54, 1.807) is 0 Å². The van der Waals surface area contributed by atoms with E-state index in [2.05, 4.69) is 20.8 Å². The molecule has 6 heteroatoms. The van der Waals surface area contributed by atoms with Crippen molar-refractivity contribution in [1.29, 1.82) is 0 Å². The second-order valence-corrected chi connectivity index (χ2v) is 12.4. The number of quaternary nitrogens is 1. The van der Waals surface area contributed by atoms with Gasteiger partial charge in [-0.2, -0.15) is 0 Å². The first kappa shape index (κ1) is 25.4. The molecule has 3 aliphatic rings. The molecule has 0 aromatic heterocycles. The minimum atomic E-state index is -0.459. The highest BCUT2D eigenvalue weighted by atomic mass is 16.5. The molecule has 2 amide bonds. The van der Waals surface area contributed by atoms with E-state index < -0.39 is 6.10 Å². The molecule has 2 aromatic rings. The van der Waals surface area contributed by atoms with Crippen molar-refractivity contribution in [1.82, 2.24) is 4.90 Å². The van der Waals surface area contributed by atoms with Gasteiger partial charge in [0.2, 0.25) is 0 Å². The van der Waals surface area contributed by atoms with Gasteiger partial charge in [-0.25, -0.2) is 0 Å². The van der Waals surface area contributed by atoms with E-state index in [-0.39, 0.29) is 17.9 Å². The van der Waals surface area contributed by atoms with Crippen LogP contribution in [0.5, 0.6) is 0 Å². The third kappa shape index (κ3) is 5.36. The van der Waals surface area contributed by atoms with E-state index >= 15 is 0 Å². The molecule has 1 saturated heterocycles. The number of rotatable bonds is 7. The molecular formula is C30H41N2O4+. The van der Waals surface area contributed by atoms with E-state index in [1.807, 2.05) is 36.4 Å². The predicted octanol–water partition coefficient (Wildman–Crippen LogP) is 3.32. The van der Waals surface area contributed by atoms with Crippen molar-refractivity contribution in [2.24, 2.45) is 17.3 Å². The molecule has 0 spiro atoms. The van der Waals surface area contributed by atoms with Crippen LogP contribution in [0.15, 0.2) is 36.4 Å². The van der Waals surface area contributed by atoms with Crippen molar-refractivity contribution < 1.29 is 24.3 Å². The molecule has 36 heavy (non-hydrogen) atoms. The van der Waals surface area contributed by atoms with Gasteiger partial charge in [-0.3, -0.25) is 14.5 Å². The van der Waals surface area contributed by atoms with Gasteiger partial charge >= 0.3 is 0 Å². The Bertz CT molecular complexity index is 1070. The van der Waals surface area contributed by atoms with Gasteiger partial charge in [0.05, 0.1) is 25.8 Å². The molecule has 2 heterocycles. The molecular weight excluding hydrogens is 452 g/mol. The Morgan fingerprint density at radius 3 is 2.31 bits per heavy atom. The summed E-state index contributed by atoms with van der Waals surface area (Å²) in [6.45, 7) is 10.4. The number of aliphatic hydroxyl groups is 1. The first-order chi connectivity index (χ1) is 17.2. The molecule has 1 aliphatic carbocycles. The van der Waals surface area contributed by atoms with E-state index in [4.69, 9.17) is 4.74 Å². The smallest absolute Gasteiger partial charge is 0.261 e. The van der Waals surface area contributed by atoms with Crippen LogP contribution in [0.3, 0.4) is 0 Å². The summed E-state index contributed by atoms with van der Waals surface area (Å²) in [6.07, 6.45) is 5.07. The van der Waals surface area contributed by atoms with E-state index in [0.29, 0.717) is 48.1 Å². The van der Waals surface area contributed by atoms with Gasteiger partial charge in [0.1, 0.15) is 12.6 Å². The molecule has 3 atom stereocenters. The molecule has 5 rings (SSSR count). The number of carbonyl (C=O) groups excluding carboxylic acids is 2. The van der Waals surface area contributed by atoms with Crippen molar-refractivity contribution in [2.45, 2.75) is 65.1 Å². The molecule has 2 aromatic carbocycles. The van der Waals surface area contributed by atoms with Gasteiger partial charge in [0, 0.05) is 35.9 Å². The Labute approximate surface area is 214 Å². The maximum atomic E-state index is 13.2. The Hall–Kier alpha value is -2.28. The zero-order valence-electron chi connectivity index (χ0n) is 22.0. The quantitative estimate of drug-likeness (QED) is 0.581. The SMILES string of the molecule is C[C@@H]1C[C@@H](OC[C@H](O)C[NH+]2CCC(CN3C(=O)c4cccc5cccc(c45)C3=O)CC2)CC(C)(C)C1. The summed E-state index contributed by atoms with van der Waals surface area (Å²) < 4.78 is 6.15. The van der Waals surface area contributed by atoms with Gasteiger partial charge in [-0.1, -0.05) is 45.0 Å². The first-order valence-electron chi connectivity index (χ1n) is 13.7. The second-order valence-electron chi connectivity index (χ2n) is 12.4. The summed E-state index contributed by atoms with van der Waals surface area (Å²) in [6, 6.07) is 11.3. The van der Waals surface area contributed by atoms with Crippen LogP contribution >= 0.6 is 0 Å². The molecule has 0 unspecified atom stereocenters. The Balaban J connectivity index is 1.11. The maximum Gasteiger partial charge on any atom is 0.261 e. The zero-order chi connectivity index (χ0) is 25.4. The third-order valence-electron chi connectivity index (χ3n) is 8.50. The number of likely N-dealkylation sites (tertiary alicyclic amines) is 1. The Morgan fingerprint density at radius 1 is 1.06 bits per heavy atom. The number of piperidine rings is 1. The lowest BCUT2D eigenvalue weighted by molar-refractivity contribution is -0.909. The first-order valence-corrected chi connectivity index (χ1v) is 13.7. The fraction of sp³-hybridized carbons (Fsp3) is 0.600. The van der Waals surface area contributed by atoms with Crippen molar-refractivity contribution in [3.63, 3.8) is 0 Å². The van der Waals surface area contributed by atoms with Crippen molar-refractivity contribution in [3.8, 4) is 0 Å². The minimum absolute atomic E-state index is 0.174. The van der Waals surface area contributed by atoms with Gasteiger partial charge < -0.3 is 14.7 Å². The fourth-order valence-electron chi connectivity index (χ4n) is 7.00. The van der Waals surface area contributed by atoms with Gasteiger partial charge in [0.15, 0.2) is 0 Å². The number of amides is 2. The normalized spacial score (nSPS) is 28.9. The van der Waals surface area contributed by atoms with Crippen LogP contribution in [0.25, 0.3) is 10.8 Å². The zero-order valence-corrected chi connectivity index (χ0v) is 22.0. The molecule has 2 aliphatic heterocycles. The number of hydrogen-bond donors (Lipinski definition) is 2. The topological polar surface area (TPSA) is 71.3 Å². The number of ether oxygens (including phenoxy) is 1. The number of nitrogens with zero attached hydrogens (tertiary/aromatic N) is 1. The number of benzene rings is 2. The highest BCUT2D eigenvalue weighted by molar-refractivity contribution is 6.25. The average Bonchev–Trinajstić information content (AvgIpc) is 2.83. The molecule has 194 valence electrons. The fourth-order valence-corrected chi connectivity index (χ4v) is 7.00. The molecule has 1 saturated carbocycles. The number of carbonyl (C=O) groups is 2. The number of hydrogen-bond acceptors (Lipinski definition) is 4. The summed E-state index contributed by atoms with van der Waals surface area (Å²) in [7, 11) is 0. The number of aliphatic hydroxyl groups excluding tert-OH is 1. The molecule has 0 bridgehead atoms. The summed E-state index contributed by atoms with van der Waals surface area (Å²) in [5.74, 6) is 0.616. The highest BCUT2D eigenvalue weighted by Gasteiger charge is 2.36. The highest BCUT2D eigenvalue weighted by Crippen LogP contribution is 2.39. The van der Waals surface area contributed by atoms with Gasteiger partial charge in [-0.05, 0) is 54.0 Å². The second kappa shape index (κ2) is 10.2. The van der Waals surface area contributed by atoms with Crippen LogP contribution in [0, 0.1) is 17.3 Å². The van der Waals surface area contributed by atoms with Crippen LogP contribution < -0.4 is 4.90 Å². The Morgan fingerprint density at radius 2 is 1.69 bits per heavy atom. The summed E-state index contributed by atoms with van der Waals surface area (Å²) in [4.78, 5) is 29.3. The Kier molecular flexibility index (Phi) is 7.21. The largest absolute Gasteiger partial charge is 0.385 e. The van der Waals surface area contributed by atoms with Crippen molar-refractivity contribution in [2.75, 3.05) is 32.8 Å². The maximum absolute atomic E-state index is 13.2. The summed E-state index contributed by atoms with van der Waals surface area (Å²) >= 11 is 0. The van der Waals surface area contributed by atoms with E-state index in [9.17, 15) is 14.7 Å². The van der Waals surface area contributed by atoms with Crippen LogP contribution in [0.4, 0.5) is 0 Å². The van der Waals surface area contributed by atoms with E-state index in [1.165, 1.54) is 16.2 Å². The van der Waals surface area contributed by atoms with Gasteiger partial charge in [-0.15, -0.1) is 0 Å². The van der Waals surface area contributed by atoms with Crippen molar-refractivity contribution in [3.05, 3.63) is 47.5 Å². The molecule has 2 N–H and O–H groups in total. The molecule has 0 radical (unpaired) electrons. The van der Waals surface area contributed by atoms with Crippen LogP contribution in [0.1, 0.15) is 73.6 Å². The number of imide groups is 1. The lowest BCUT2D eigenvalue weighted by Crippen LogP contribution is -3.14. The monoisotopic (exact) mass is 493 g/mol.